The van der Waals surface area contributed by atoms with Crippen LogP contribution in [0, 0.1) is 17.0 Å². The molecule has 176 valence electrons. The van der Waals surface area contributed by atoms with Gasteiger partial charge in [0, 0.05) is 23.7 Å². The number of methoxy groups -OCH3 is 2. The van der Waals surface area contributed by atoms with Crippen LogP contribution in [0.15, 0.2) is 18.3 Å². The molecule has 0 spiro atoms. The molecule has 0 amide bonds. The van der Waals surface area contributed by atoms with E-state index in [4.69, 9.17) is 24.8 Å². The van der Waals surface area contributed by atoms with Gasteiger partial charge in [-0.25, -0.2) is 0 Å². The SMILES string of the molecule is CCN(CC)CCCC(C)Nc1cc(OC)c2c(C)ccnc2c1OC.O.O=[N+]([O-])O. The van der Waals surface area contributed by atoms with Crippen LogP contribution >= 0.6 is 0 Å². The Balaban J connectivity index is 0.00000165. The molecule has 0 aliphatic heterocycles. The zero-order chi connectivity index (χ0) is 22.7. The van der Waals surface area contributed by atoms with Crippen LogP contribution in [0.2, 0.25) is 0 Å². The fraction of sp³-hybridized carbons (Fsp3) is 0.571. The molecule has 4 N–H and O–H groups in total. The van der Waals surface area contributed by atoms with Crippen molar-refractivity contribution in [2.75, 3.05) is 39.2 Å². The second-order valence-corrected chi connectivity index (χ2v) is 6.96. The van der Waals surface area contributed by atoms with Crippen LogP contribution in [0.1, 0.15) is 39.2 Å². The van der Waals surface area contributed by atoms with Crippen LogP contribution in [-0.2, 0) is 0 Å². The minimum atomic E-state index is -1.50. The van der Waals surface area contributed by atoms with Crippen LogP contribution < -0.4 is 14.8 Å². The zero-order valence-electron chi connectivity index (χ0n) is 19.3. The zero-order valence-corrected chi connectivity index (χ0v) is 19.3. The minimum Gasteiger partial charge on any atom is -0.496 e. The van der Waals surface area contributed by atoms with Crippen LogP contribution in [-0.4, -0.2) is 65.5 Å². The molecule has 1 atom stereocenters. The lowest BCUT2D eigenvalue weighted by Gasteiger charge is -2.22. The number of rotatable bonds is 10. The van der Waals surface area contributed by atoms with E-state index in [1.54, 1.807) is 14.2 Å². The molecule has 0 bridgehead atoms. The predicted octanol–water partition coefficient (Wildman–Crippen LogP) is 3.31. The molecular formula is C21H36N4O6. The molecule has 0 aliphatic carbocycles. The highest BCUT2D eigenvalue weighted by atomic mass is 16.9. The van der Waals surface area contributed by atoms with Crippen molar-refractivity contribution in [1.82, 2.24) is 9.88 Å². The van der Waals surface area contributed by atoms with Gasteiger partial charge < -0.3 is 30.4 Å². The Labute approximate surface area is 183 Å². The van der Waals surface area contributed by atoms with Crippen molar-refractivity contribution in [3.05, 3.63) is 34.0 Å². The summed E-state index contributed by atoms with van der Waals surface area (Å²) in [4.78, 5) is 15.4. The fourth-order valence-electron chi connectivity index (χ4n) is 3.41. The van der Waals surface area contributed by atoms with Crippen molar-refractivity contribution in [2.24, 2.45) is 0 Å². The quantitative estimate of drug-likeness (QED) is 0.423. The first kappa shape index (κ1) is 28.1. The summed E-state index contributed by atoms with van der Waals surface area (Å²) in [6.07, 6.45) is 4.08. The summed E-state index contributed by atoms with van der Waals surface area (Å²) >= 11 is 0. The normalized spacial score (nSPS) is 11.2. The van der Waals surface area contributed by atoms with Crippen molar-refractivity contribution in [3.63, 3.8) is 0 Å². The summed E-state index contributed by atoms with van der Waals surface area (Å²) in [6, 6.07) is 4.36. The first-order valence-electron chi connectivity index (χ1n) is 10.1. The van der Waals surface area contributed by atoms with Crippen molar-refractivity contribution in [2.45, 2.75) is 46.6 Å². The highest BCUT2D eigenvalue weighted by molar-refractivity contribution is 5.97. The Morgan fingerprint density at radius 1 is 1.29 bits per heavy atom. The van der Waals surface area contributed by atoms with Gasteiger partial charge in [-0.1, -0.05) is 13.8 Å². The van der Waals surface area contributed by atoms with E-state index in [1.165, 1.54) is 6.42 Å². The maximum absolute atomic E-state index is 8.36. The maximum Gasteiger partial charge on any atom is 0.291 e. The third-order valence-electron chi connectivity index (χ3n) is 4.97. The monoisotopic (exact) mass is 440 g/mol. The molecule has 2 rings (SSSR count). The Kier molecular flexibility index (Phi) is 12.9. The molecule has 0 aliphatic rings. The van der Waals surface area contributed by atoms with E-state index in [0.29, 0.717) is 6.04 Å². The van der Waals surface area contributed by atoms with Crippen LogP contribution in [0.3, 0.4) is 0 Å². The molecule has 10 heteroatoms. The molecule has 1 heterocycles. The smallest absolute Gasteiger partial charge is 0.291 e. The second kappa shape index (κ2) is 14.2. The highest BCUT2D eigenvalue weighted by Gasteiger charge is 2.17. The van der Waals surface area contributed by atoms with E-state index in [1.807, 2.05) is 18.3 Å². The number of hydrogen-bond donors (Lipinski definition) is 2. The van der Waals surface area contributed by atoms with Gasteiger partial charge in [0.25, 0.3) is 5.09 Å². The molecular weight excluding hydrogens is 404 g/mol. The molecule has 0 saturated carbocycles. The highest BCUT2D eigenvalue weighted by Crippen LogP contribution is 2.40. The number of aromatic nitrogens is 1. The average Bonchev–Trinajstić information content (AvgIpc) is 2.70. The van der Waals surface area contributed by atoms with Gasteiger partial charge >= 0.3 is 0 Å². The number of nitrogens with zero attached hydrogens (tertiary/aromatic N) is 3. The maximum atomic E-state index is 8.36. The Hall–Kier alpha value is -2.85. The fourth-order valence-corrected chi connectivity index (χ4v) is 3.41. The van der Waals surface area contributed by atoms with Crippen molar-refractivity contribution >= 4 is 16.6 Å². The van der Waals surface area contributed by atoms with Gasteiger partial charge in [0.2, 0.25) is 0 Å². The van der Waals surface area contributed by atoms with E-state index in [-0.39, 0.29) is 5.48 Å². The Bertz CT molecular complexity index is 810. The Morgan fingerprint density at radius 2 is 1.90 bits per heavy atom. The summed E-state index contributed by atoms with van der Waals surface area (Å²) in [5, 5.41) is 18.2. The van der Waals surface area contributed by atoms with Crippen molar-refractivity contribution < 1.29 is 25.2 Å². The van der Waals surface area contributed by atoms with Crippen LogP contribution in [0.25, 0.3) is 10.9 Å². The molecule has 10 nitrogen and oxygen atoms in total. The molecule has 0 radical (unpaired) electrons. The molecule has 1 aromatic carbocycles. The molecule has 31 heavy (non-hydrogen) atoms. The molecule has 1 aromatic heterocycles. The van der Waals surface area contributed by atoms with E-state index in [2.05, 4.69) is 42.9 Å². The second-order valence-electron chi connectivity index (χ2n) is 6.96. The third-order valence-corrected chi connectivity index (χ3v) is 4.97. The lowest BCUT2D eigenvalue weighted by atomic mass is 10.1. The molecule has 0 fully saturated rings. The predicted molar refractivity (Wildman–Crippen MR) is 122 cm³/mol. The Morgan fingerprint density at radius 3 is 2.42 bits per heavy atom. The van der Waals surface area contributed by atoms with Gasteiger partial charge in [-0.15, -0.1) is 10.1 Å². The molecule has 1 unspecified atom stereocenters. The molecule has 2 aromatic rings. The summed E-state index contributed by atoms with van der Waals surface area (Å²) in [7, 11) is 3.40. The number of pyridine rings is 1. The minimum absolute atomic E-state index is 0. The first-order valence-corrected chi connectivity index (χ1v) is 10.1. The standard InChI is InChI=1S/C21H33N3O2.HNO3.H2O/c1-7-24(8-2)13-9-10-16(4)23-17-14-18(25-5)19-15(3)11-12-22-20(19)21(17)26-6;2-1(3)4;/h11-12,14,16,23H,7-10,13H2,1-6H3;(H,2,3,4);1H2. The summed E-state index contributed by atoms with van der Waals surface area (Å²) in [6.45, 7) is 12.1. The van der Waals surface area contributed by atoms with Crippen LogP contribution in [0.4, 0.5) is 5.69 Å². The summed E-state index contributed by atoms with van der Waals surface area (Å²) in [5.74, 6) is 1.60. The number of anilines is 1. The lowest BCUT2D eigenvalue weighted by molar-refractivity contribution is -0.742. The molecule has 0 saturated heterocycles. The van der Waals surface area contributed by atoms with Gasteiger partial charge in [0.1, 0.15) is 11.3 Å². The topological polar surface area (TPSA) is 141 Å². The van der Waals surface area contributed by atoms with Gasteiger partial charge in [0.05, 0.1) is 19.9 Å². The van der Waals surface area contributed by atoms with Gasteiger partial charge in [-0.05, 0) is 58.0 Å². The largest absolute Gasteiger partial charge is 0.496 e. The first-order chi connectivity index (χ1) is 14.3. The number of ether oxygens (including phenoxy) is 2. The van der Waals surface area contributed by atoms with E-state index in [0.717, 1.165) is 59.7 Å². The van der Waals surface area contributed by atoms with Gasteiger partial charge in [-0.2, -0.15) is 0 Å². The number of hydrogen-bond acceptors (Lipinski definition) is 7. The summed E-state index contributed by atoms with van der Waals surface area (Å²) in [5.41, 5.74) is 2.90. The summed E-state index contributed by atoms with van der Waals surface area (Å²) < 4.78 is 11.3. The van der Waals surface area contributed by atoms with Gasteiger partial charge in [-0.3, -0.25) is 4.98 Å². The number of nitrogens with one attached hydrogen (secondary N) is 1. The van der Waals surface area contributed by atoms with E-state index >= 15 is 0 Å². The van der Waals surface area contributed by atoms with E-state index < -0.39 is 5.09 Å². The average molecular weight is 441 g/mol. The van der Waals surface area contributed by atoms with E-state index in [9.17, 15) is 0 Å². The van der Waals surface area contributed by atoms with Gasteiger partial charge in [0.15, 0.2) is 5.75 Å². The lowest BCUT2D eigenvalue weighted by Crippen LogP contribution is -2.25. The number of benzene rings is 1. The third kappa shape index (κ3) is 8.42. The van der Waals surface area contributed by atoms with Crippen LogP contribution in [0.5, 0.6) is 11.5 Å². The number of fused-ring (bicyclic) bond motifs is 1. The van der Waals surface area contributed by atoms with Crippen molar-refractivity contribution in [1.29, 1.82) is 0 Å². The van der Waals surface area contributed by atoms with Crippen molar-refractivity contribution in [3.8, 4) is 11.5 Å². The number of aryl methyl sites for hydroxylation is 1.